The van der Waals surface area contributed by atoms with Gasteiger partial charge in [0.15, 0.2) is 0 Å². The number of benzene rings is 2. The van der Waals surface area contributed by atoms with Crippen LogP contribution in [0.1, 0.15) is 35.7 Å². The molecule has 1 aliphatic rings. The van der Waals surface area contributed by atoms with E-state index in [9.17, 15) is 4.39 Å². The number of likely N-dealkylation sites (tertiary alicyclic amines) is 1. The highest BCUT2D eigenvalue weighted by Crippen LogP contribution is 2.33. The number of imidazole rings is 1. The van der Waals surface area contributed by atoms with Crippen LogP contribution in [0.2, 0.25) is 0 Å². The summed E-state index contributed by atoms with van der Waals surface area (Å²) < 4.78 is 15.4. The molecule has 1 saturated heterocycles. The Hall–Kier alpha value is -2.46. The second-order valence-corrected chi connectivity index (χ2v) is 6.68. The van der Waals surface area contributed by atoms with E-state index >= 15 is 0 Å². The van der Waals surface area contributed by atoms with Gasteiger partial charge in [-0.15, -0.1) is 0 Å². The molecule has 1 fully saturated rings. The largest absolute Gasteiger partial charge is 0.329 e. The number of halogens is 1. The molecule has 0 radical (unpaired) electrons. The maximum Gasteiger partial charge on any atom is 0.123 e. The van der Waals surface area contributed by atoms with Crippen molar-refractivity contribution in [3.05, 3.63) is 89.8 Å². The molecule has 0 aliphatic carbocycles. The molecule has 3 aromatic rings. The lowest BCUT2D eigenvalue weighted by Crippen LogP contribution is -2.24. The molecule has 0 bridgehead atoms. The zero-order valence-electron chi connectivity index (χ0n) is 14.2. The fourth-order valence-corrected chi connectivity index (χ4v) is 3.69. The van der Waals surface area contributed by atoms with Crippen molar-refractivity contribution in [1.29, 1.82) is 0 Å². The molecular formula is C21H22FN3. The minimum Gasteiger partial charge on any atom is -0.329 e. The molecule has 0 spiro atoms. The lowest BCUT2D eigenvalue weighted by molar-refractivity contribution is 0.242. The topological polar surface area (TPSA) is 21.1 Å². The van der Waals surface area contributed by atoms with E-state index in [2.05, 4.69) is 38.7 Å². The van der Waals surface area contributed by atoms with Gasteiger partial charge in [-0.25, -0.2) is 9.37 Å². The maximum atomic E-state index is 13.2. The van der Waals surface area contributed by atoms with Crippen LogP contribution in [0.3, 0.4) is 0 Å². The van der Waals surface area contributed by atoms with E-state index in [1.165, 1.54) is 23.2 Å². The van der Waals surface area contributed by atoms with E-state index in [1.807, 2.05) is 30.7 Å². The van der Waals surface area contributed by atoms with Gasteiger partial charge in [0.05, 0.1) is 12.0 Å². The molecule has 0 saturated carbocycles. The Morgan fingerprint density at radius 1 is 1.00 bits per heavy atom. The third-order valence-corrected chi connectivity index (χ3v) is 4.98. The molecule has 0 amide bonds. The van der Waals surface area contributed by atoms with Gasteiger partial charge in [-0.1, -0.05) is 42.5 Å². The van der Waals surface area contributed by atoms with E-state index in [1.54, 1.807) is 12.1 Å². The Morgan fingerprint density at radius 2 is 1.80 bits per heavy atom. The molecule has 2 heterocycles. The average molecular weight is 335 g/mol. The summed E-state index contributed by atoms with van der Waals surface area (Å²) in [5.41, 5.74) is 3.70. The van der Waals surface area contributed by atoms with Crippen molar-refractivity contribution in [2.45, 2.75) is 32.0 Å². The standard InChI is InChI=1S/C21H22FN3/c22-19-10-8-18(9-11-19)21-7-4-12-24(21)15-20-13-23-16-25(20)14-17-5-2-1-3-6-17/h1-3,5-6,8-11,13,16,21H,4,7,12,14-15H2. The first kappa shape index (κ1) is 16.0. The highest BCUT2D eigenvalue weighted by Gasteiger charge is 2.26. The van der Waals surface area contributed by atoms with E-state index in [4.69, 9.17) is 0 Å². The second-order valence-electron chi connectivity index (χ2n) is 6.68. The lowest BCUT2D eigenvalue weighted by Gasteiger charge is -2.25. The predicted molar refractivity (Wildman–Crippen MR) is 96.6 cm³/mol. The summed E-state index contributed by atoms with van der Waals surface area (Å²) in [6.45, 7) is 2.78. The summed E-state index contributed by atoms with van der Waals surface area (Å²) in [6.07, 6.45) is 6.17. The highest BCUT2D eigenvalue weighted by molar-refractivity contribution is 5.21. The maximum absolute atomic E-state index is 13.2. The molecule has 25 heavy (non-hydrogen) atoms. The van der Waals surface area contributed by atoms with Crippen LogP contribution in [0.5, 0.6) is 0 Å². The fourth-order valence-electron chi connectivity index (χ4n) is 3.69. The molecule has 128 valence electrons. The van der Waals surface area contributed by atoms with Crippen LogP contribution in [0.25, 0.3) is 0 Å². The first-order valence-corrected chi connectivity index (χ1v) is 8.82. The smallest absolute Gasteiger partial charge is 0.123 e. The van der Waals surface area contributed by atoms with Gasteiger partial charge in [-0.05, 0) is 42.6 Å². The van der Waals surface area contributed by atoms with E-state index < -0.39 is 0 Å². The third-order valence-electron chi connectivity index (χ3n) is 4.98. The molecule has 4 rings (SSSR count). The zero-order chi connectivity index (χ0) is 17.1. The lowest BCUT2D eigenvalue weighted by atomic mass is 10.0. The molecule has 3 nitrogen and oxygen atoms in total. The van der Waals surface area contributed by atoms with Gasteiger partial charge >= 0.3 is 0 Å². The van der Waals surface area contributed by atoms with Crippen LogP contribution >= 0.6 is 0 Å². The van der Waals surface area contributed by atoms with Gasteiger partial charge < -0.3 is 4.57 Å². The Labute approximate surface area is 147 Å². The second kappa shape index (κ2) is 7.19. The van der Waals surface area contributed by atoms with Crippen LogP contribution in [-0.2, 0) is 13.1 Å². The van der Waals surface area contributed by atoms with Gasteiger partial charge in [-0.3, -0.25) is 4.90 Å². The van der Waals surface area contributed by atoms with E-state index in [0.717, 1.165) is 26.1 Å². The van der Waals surface area contributed by atoms with Gasteiger partial charge in [0.25, 0.3) is 0 Å². The van der Waals surface area contributed by atoms with Gasteiger partial charge in [-0.2, -0.15) is 0 Å². The molecule has 1 atom stereocenters. The Morgan fingerprint density at radius 3 is 2.60 bits per heavy atom. The summed E-state index contributed by atoms with van der Waals surface area (Å²) >= 11 is 0. The predicted octanol–water partition coefficient (Wildman–Crippen LogP) is 4.41. The van der Waals surface area contributed by atoms with Crippen molar-refractivity contribution in [2.24, 2.45) is 0 Å². The van der Waals surface area contributed by atoms with Crippen LogP contribution in [-0.4, -0.2) is 21.0 Å². The number of aromatic nitrogens is 2. The van der Waals surface area contributed by atoms with Crippen LogP contribution in [0, 0.1) is 5.82 Å². The minimum absolute atomic E-state index is 0.172. The Balaban J connectivity index is 1.50. The number of rotatable bonds is 5. The monoisotopic (exact) mass is 335 g/mol. The number of hydrogen-bond donors (Lipinski definition) is 0. The SMILES string of the molecule is Fc1ccc(C2CCCN2Cc2cncn2Cc2ccccc2)cc1. The summed E-state index contributed by atoms with van der Waals surface area (Å²) in [5.74, 6) is -0.172. The van der Waals surface area contributed by atoms with Crippen molar-refractivity contribution in [2.75, 3.05) is 6.54 Å². The molecule has 4 heteroatoms. The summed E-state index contributed by atoms with van der Waals surface area (Å²) in [7, 11) is 0. The van der Waals surface area contributed by atoms with Crippen molar-refractivity contribution >= 4 is 0 Å². The molecule has 0 N–H and O–H groups in total. The zero-order valence-corrected chi connectivity index (χ0v) is 14.2. The van der Waals surface area contributed by atoms with Crippen molar-refractivity contribution in [3.63, 3.8) is 0 Å². The van der Waals surface area contributed by atoms with Gasteiger partial charge in [0, 0.05) is 25.3 Å². The Bertz CT molecular complexity index is 811. The normalized spacial score (nSPS) is 17.9. The number of hydrogen-bond acceptors (Lipinski definition) is 2. The van der Waals surface area contributed by atoms with Crippen molar-refractivity contribution in [1.82, 2.24) is 14.5 Å². The Kier molecular flexibility index (Phi) is 4.61. The highest BCUT2D eigenvalue weighted by atomic mass is 19.1. The first-order valence-electron chi connectivity index (χ1n) is 8.82. The molecule has 1 aromatic heterocycles. The van der Waals surface area contributed by atoms with Crippen molar-refractivity contribution < 1.29 is 4.39 Å². The van der Waals surface area contributed by atoms with Crippen molar-refractivity contribution in [3.8, 4) is 0 Å². The number of nitrogens with zero attached hydrogens (tertiary/aromatic N) is 3. The summed E-state index contributed by atoms with van der Waals surface area (Å²) in [5, 5.41) is 0. The third kappa shape index (κ3) is 3.64. The van der Waals surface area contributed by atoms with Crippen LogP contribution < -0.4 is 0 Å². The van der Waals surface area contributed by atoms with Gasteiger partial charge in [0.1, 0.15) is 5.82 Å². The first-order chi connectivity index (χ1) is 12.3. The average Bonchev–Trinajstić information content (AvgIpc) is 3.27. The molecule has 1 unspecified atom stereocenters. The molecule has 2 aromatic carbocycles. The van der Waals surface area contributed by atoms with E-state index in [-0.39, 0.29) is 5.82 Å². The molecule has 1 aliphatic heterocycles. The fraction of sp³-hybridized carbons (Fsp3) is 0.286. The van der Waals surface area contributed by atoms with Gasteiger partial charge in [0.2, 0.25) is 0 Å². The minimum atomic E-state index is -0.172. The molecular weight excluding hydrogens is 313 g/mol. The van der Waals surface area contributed by atoms with E-state index in [0.29, 0.717) is 6.04 Å². The van der Waals surface area contributed by atoms with Crippen LogP contribution in [0.4, 0.5) is 4.39 Å². The summed E-state index contributed by atoms with van der Waals surface area (Å²) in [6, 6.07) is 17.8. The summed E-state index contributed by atoms with van der Waals surface area (Å²) in [4.78, 5) is 6.83. The van der Waals surface area contributed by atoms with Crippen LogP contribution in [0.15, 0.2) is 67.1 Å². The quantitative estimate of drug-likeness (QED) is 0.689.